The zero-order valence-corrected chi connectivity index (χ0v) is 10.1. The molecule has 0 N–H and O–H groups in total. The molecule has 0 aliphatic carbocycles. The van der Waals surface area contributed by atoms with E-state index in [4.69, 9.17) is 9.78 Å². The number of aryl methyl sites for hydroxylation is 1. The summed E-state index contributed by atoms with van der Waals surface area (Å²) in [5.74, 6) is 0.493. The minimum atomic E-state index is -0.291. The van der Waals surface area contributed by atoms with E-state index in [0.717, 1.165) is 12.8 Å². The Labute approximate surface area is 100.0 Å². The van der Waals surface area contributed by atoms with Gasteiger partial charge in [0.1, 0.15) is 11.3 Å². The van der Waals surface area contributed by atoms with Gasteiger partial charge in [0.2, 0.25) is 0 Å². The Bertz CT molecular complexity index is 464. The maximum atomic E-state index is 12.1. The number of hydrogen-bond donors (Lipinski definition) is 0. The maximum Gasteiger partial charge on any atom is 0.259 e. The van der Waals surface area contributed by atoms with E-state index in [-0.39, 0.29) is 11.3 Å². The molecule has 1 aliphatic heterocycles. The number of carbonyl (C=O) groups is 1. The van der Waals surface area contributed by atoms with Gasteiger partial charge in [-0.1, -0.05) is 5.16 Å². The SMILES string of the molecule is Cc1oncc1C(=O)N1CCC(C)(C#N)CC1. The monoisotopic (exact) mass is 233 g/mol. The van der Waals surface area contributed by atoms with Gasteiger partial charge in [0.25, 0.3) is 5.91 Å². The Morgan fingerprint density at radius 1 is 1.59 bits per heavy atom. The van der Waals surface area contributed by atoms with E-state index in [1.165, 1.54) is 6.20 Å². The molecule has 0 unspecified atom stereocenters. The van der Waals surface area contributed by atoms with Crippen LogP contribution in [0, 0.1) is 23.7 Å². The van der Waals surface area contributed by atoms with Crippen LogP contribution in [0.1, 0.15) is 35.9 Å². The van der Waals surface area contributed by atoms with Crippen LogP contribution >= 0.6 is 0 Å². The van der Waals surface area contributed by atoms with Crippen LogP contribution in [-0.2, 0) is 0 Å². The zero-order valence-electron chi connectivity index (χ0n) is 10.1. The predicted octanol–water partition coefficient (Wildman–Crippen LogP) is 1.75. The van der Waals surface area contributed by atoms with E-state index in [9.17, 15) is 4.79 Å². The quantitative estimate of drug-likeness (QED) is 0.740. The van der Waals surface area contributed by atoms with Gasteiger partial charge in [0, 0.05) is 13.1 Å². The van der Waals surface area contributed by atoms with Crippen molar-refractivity contribution < 1.29 is 9.32 Å². The van der Waals surface area contributed by atoms with Crippen molar-refractivity contribution in [2.24, 2.45) is 5.41 Å². The highest BCUT2D eigenvalue weighted by Gasteiger charge is 2.32. The van der Waals surface area contributed by atoms with Crippen LogP contribution in [0.5, 0.6) is 0 Å². The van der Waals surface area contributed by atoms with Crippen LogP contribution < -0.4 is 0 Å². The minimum Gasteiger partial charge on any atom is -0.361 e. The summed E-state index contributed by atoms with van der Waals surface area (Å²) in [6, 6.07) is 2.32. The van der Waals surface area contributed by atoms with Gasteiger partial charge in [-0.15, -0.1) is 0 Å². The normalized spacial score (nSPS) is 18.8. The number of nitrogens with zero attached hydrogens (tertiary/aromatic N) is 3. The Kier molecular flexibility index (Phi) is 2.88. The fourth-order valence-electron chi connectivity index (χ4n) is 1.99. The van der Waals surface area contributed by atoms with Gasteiger partial charge in [-0.2, -0.15) is 5.26 Å². The molecule has 5 heteroatoms. The molecule has 1 amide bonds. The molecule has 0 spiro atoms. The van der Waals surface area contributed by atoms with Crippen LogP contribution in [0.4, 0.5) is 0 Å². The first-order valence-electron chi connectivity index (χ1n) is 5.67. The smallest absolute Gasteiger partial charge is 0.259 e. The van der Waals surface area contributed by atoms with Gasteiger partial charge in [-0.05, 0) is 26.7 Å². The Morgan fingerprint density at radius 3 is 2.71 bits per heavy atom. The first-order valence-corrected chi connectivity index (χ1v) is 5.67. The van der Waals surface area contributed by atoms with E-state index in [1.54, 1.807) is 11.8 Å². The number of amides is 1. The fourth-order valence-corrected chi connectivity index (χ4v) is 1.99. The summed E-state index contributed by atoms with van der Waals surface area (Å²) < 4.78 is 4.89. The predicted molar refractivity (Wildman–Crippen MR) is 60.1 cm³/mol. The Balaban J connectivity index is 2.06. The average molecular weight is 233 g/mol. The maximum absolute atomic E-state index is 12.1. The largest absolute Gasteiger partial charge is 0.361 e. The second kappa shape index (κ2) is 4.21. The highest BCUT2D eigenvalue weighted by atomic mass is 16.5. The number of hydrogen-bond acceptors (Lipinski definition) is 4. The molecule has 2 rings (SSSR count). The fraction of sp³-hybridized carbons (Fsp3) is 0.583. The molecule has 0 bridgehead atoms. The third-order valence-corrected chi connectivity index (χ3v) is 3.41. The van der Waals surface area contributed by atoms with E-state index in [2.05, 4.69) is 11.2 Å². The summed E-state index contributed by atoms with van der Waals surface area (Å²) >= 11 is 0. The highest BCUT2D eigenvalue weighted by Crippen LogP contribution is 2.30. The summed E-state index contributed by atoms with van der Waals surface area (Å²) in [4.78, 5) is 13.9. The van der Waals surface area contributed by atoms with E-state index in [0.29, 0.717) is 24.4 Å². The molecular weight excluding hydrogens is 218 g/mol. The lowest BCUT2D eigenvalue weighted by Gasteiger charge is -2.34. The van der Waals surface area contributed by atoms with E-state index < -0.39 is 0 Å². The lowest BCUT2D eigenvalue weighted by atomic mass is 9.82. The molecule has 1 aliphatic rings. The number of piperidine rings is 1. The molecule has 0 aromatic carbocycles. The van der Waals surface area contributed by atoms with Crippen LogP contribution in [-0.4, -0.2) is 29.1 Å². The summed E-state index contributed by atoms with van der Waals surface area (Å²) in [6.45, 7) is 4.91. The molecular formula is C12H15N3O2. The topological polar surface area (TPSA) is 70.1 Å². The molecule has 1 saturated heterocycles. The standard InChI is InChI=1S/C12H15N3O2/c1-9-10(7-14-17-9)11(16)15-5-3-12(2,8-13)4-6-15/h7H,3-6H2,1-2H3. The van der Waals surface area contributed by atoms with Gasteiger partial charge in [-0.25, -0.2) is 0 Å². The van der Waals surface area contributed by atoms with Crippen molar-refractivity contribution in [2.45, 2.75) is 26.7 Å². The van der Waals surface area contributed by atoms with Crippen molar-refractivity contribution in [3.05, 3.63) is 17.5 Å². The Morgan fingerprint density at radius 2 is 2.24 bits per heavy atom. The third-order valence-electron chi connectivity index (χ3n) is 3.41. The van der Waals surface area contributed by atoms with Gasteiger partial charge in [-0.3, -0.25) is 4.79 Å². The number of likely N-dealkylation sites (tertiary alicyclic amines) is 1. The molecule has 1 fully saturated rings. The van der Waals surface area contributed by atoms with Crippen molar-refractivity contribution in [1.29, 1.82) is 5.26 Å². The lowest BCUT2D eigenvalue weighted by Crippen LogP contribution is -2.41. The Hall–Kier alpha value is -1.83. The van der Waals surface area contributed by atoms with Crippen LogP contribution in [0.15, 0.2) is 10.7 Å². The molecule has 90 valence electrons. The number of aromatic nitrogens is 1. The van der Waals surface area contributed by atoms with Crippen molar-refractivity contribution >= 4 is 5.91 Å². The number of nitriles is 1. The summed E-state index contributed by atoms with van der Waals surface area (Å²) in [5, 5.41) is 12.6. The summed E-state index contributed by atoms with van der Waals surface area (Å²) in [7, 11) is 0. The van der Waals surface area contributed by atoms with Gasteiger partial charge >= 0.3 is 0 Å². The van der Waals surface area contributed by atoms with Gasteiger partial charge in [0.15, 0.2) is 0 Å². The lowest BCUT2D eigenvalue weighted by molar-refractivity contribution is 0.0660. The first kappa shape index (κ1) is 11.6. The summed E-state index contributed by atoms with van der Waals surface area (Å²) in [6.07, 6.45) is 2.90. The second-order valence-electron chi connectivity index (χ2n) is 4.76. The third kappa shape index (κ3) is 2.16. The van der Waals surface area contributed by atoms with Crippen molar-refractivity contribution in [1.82, 2.24) is 10.1 Å². The van der Waals surface area contributed by atoms with Crippen LogP contribution in [0.25, 0.3) is 0 Å². The first-order chi connectivity index (χ1) is 8.06. The molecule has 1 aromatic heterocycles. The molecule has 0 atom stereocenters. The van der Waals surface area contributed by atoms with Crippen LogP contribution in [0.3, 0.4) is 0 Å². The molecule has 5 nitrogen and oxygen atoms in total. The van der Waals surface area contributed by atoms with E-state index >= 15 is 0 Å². The zero-order chi connectivity index (χ0) is 12.5. The van der Waals surface area contributed by atoms with Crippen LogP contribution in [0.2, 0.25) is 0 Å². The van der Waals surface area contributed by atoms with Crippen molar-refractivity contribution in [3.63, 3.8) is 0 Å². The highest BCUT2D eigenvalue weighted by molar-refractivity contribution is 5.94. The van der Waals surface area contributed by atoms with E-state index in [1.807, 2.05) is 6.92 Å². The van der Waals surface area contributed by atoms with Crippen molar-refractivity contribution in [3.8, 4) is 6.07 Å². The second-order valence-corrected chi connectivity index (χ2v) is 4.76. The van der Waals surface area contributed by atoms with Gasteiger partial charge < -0.3 is 9.42 Å². The molecule has 2 heterocycles. The molecule has 0 radical (unpaired) electrons. The molecule has 17 heavy (non-hydrogen) atoms. The summed E-state index contributed by atoms with van der Waals surface area (Å²) in [5.41, 5.74) is 0.228. The minimum absolute atomic E-state index is 0.0521. The number of rotatable bonds is 1. The number of carbonyl (C=O) groups excluding carboxylic acids is 1. The van der Waals surface area contributed by atoms with Crippen molar-refractivity contribution in [2.75, 3.05) is 13.1 Å². The molecule has 0 saturated carbocycles. The van der Waals surface area contributed by atoms with Gasteiger partial charge in [0.05, 0.1) is 17.7 Å². The molecule has 1 aromatic rings. The average Bonchev–Trinajstić information content (AvgIpc) is 2.76.